The predicted octanol–water partition coefficient (Wildman–Crippen LogP) is 0.221. The first-order valence-corrected chi connectivity index (χ1v) is 10.4. The van der Waals surface area contributed by atoms with Gasteiger partial charge in [-0.3, -0.25) is 13.9 Å². The summed E-state index contributed by atoms with van der Waals surface area (Å²) in [6.07, 6.45) is -1.61. The summed E-state index contributed by atoms with van der Waals surface area (Å²) < 4.78 is 28.2. The van der Waals surface area contributed by atoms with Gasteiger partial charge in [-0.1, -0.05) is 18.2 Å². The summed E-state index contributed by atoms with van der Waals surface area (Å²) in [5.74, 6) is -0.189. The molecule has 2 N–H and O–H groups in total. The first-order valence-electron chi connectivity index (χ1n) is 8.94. The van der Waals surface area contributed by atoms with Crippen LogP contribution in [-0.4, -0.2) is 55.5 Å². The Morgan fingerprint density at radius 2 is 2.07 bits per heavy atom. The van der Waals surface area contributed by atoms with E-state index in [2.05, 4.69) is 24.8 Å². The van der Waals surface area contributed by atoms with Gasteiger partial charge in [-0.05, 0) is 12.1 Å². The number of hydrogen-bond donors (Lipinski definition) is 2. The number of fused-ring (bicyclic) bond motifs is 2. The van der Waals surface area contributed by atoms with E-state index in [1.807, 2.05) is 0 Å². The van der Waals surface area contributed by atoms with Crippen molar-refractivity contribution in [1.82, 2.24) is 19.5 Å². The number of imidazole rings is 1. The van der Waals surface area contributed by atoms with Crippen LogP contribution in [0.15, 0.2) is 43.0 Å². The summed E-state index contributed by atoms with van der Waals surface area (Å²) in [6.45, 7) is -0.265. The molecule has 12 nitrogen and oxygen atoms in total. The molecule has 4 heterocycles. The normalized spacial score (nSPS) is 30.9. The molecule has 0 radical (unpaired) electrons. The number of anilines is 1. The van der Waals surface area contributed by atoms with Gasteiger partial charge in [0.05, 0.1) is 12.9 Å². The SMILES string of the molecule is O=C(Nc1ncnc2c1ncn2C1O[C@@H]2COP(=O)([O-])O[C@H]2[C@H]1O)c1ccccc1. The molecule has 5 rings (SSSR count). The first kappa shape index (κ1) is 19.2. The van der Waals surface area contributed by atoms with Crippen LogP contribution in [0, 0.1) is 0 Å². The van der Waals surface area contributed by atoms with E-state index in [-0.39, 0.29) is 29.5 Å². The van der Waals surface area contributed by atoms with Gasteiger partial charge in [0, 0.05) is 5.56 Å². The Kier molecular flexibility index (Phi) is 4.62. The van der Waals surface area contributed by atoms with Crippen LogP contribution < -0.4 is 10.2 Å². The van der Waals surface area contributed by atoms with Crippen molar-refractivity contribution in [2.75, 3.05) is 11.9 Å². The van der Waals surface area contributed by atoms with Gasteiger partial charge in [0.25, 0.3) is 13.7 Å². The number of ether oxygens (including phenoxy) is 1. The summed E-state index contributed by atoms with van der Waals surface area (Å²) in [4.78, 5) is 36.5. The molecule has 2 aliphatic heterocycles. The van der Waals surface area contributed by atoms with Crippen LogP contribution in [-0.2, 0) is 18.3 Å². The highest BCUT2D eigenvalue weighted by molar-refractivity contribution is 7.45. The Morgan fingerprint density at radius 3 is 2.87 bits per heavy atom. The Balaban J connectivity index is 1.44. The van der Waals surface area contributed by atoms with Gasteiger partial charge in [-0.15, -0.1) is 0 Å². The molecule has 0 aliphatic carbocycles. The number of rotatable bonds is 3. The number of carbonyl (C=O) groups is 1. The molecule has 0 spiro atoms. The van der Waals surface area contributed by atoms with Gasteiger partial charge >= 0.3 is 0 Å². The van der Waals surface area contributed by atoms with Crippen molar-refractivity contribution in [3.05, 3.63) is 48.5 Å². The number of aromatic nitrogens is 4. The van der Waals surface area contributed by atoms with Gasteiger partial charge in [0.15, 0.2) is 23.2 Å². The minimum atomic E-state index is -4.49. The van der Waals surface area contributed by atoms with Gasteiger partial charge in [0.2, 0.25) is 0 Å². The predicted molar refractivity (Wildman–Crippen MR) is 98.1 cm³/mol. The molecule has 13 heteroatoms. The van der Waals surface area contributed by atoms with Crippen molar-refractivity contribution in [3.63, 3.8) is 0 Å². The molecule has 5 atom stereocenters. The Labute approximate surface area is 169 Å². The maximum absolute atomic E-state index is 12.4. The highest BCUT2D eigenvalue weighted by atomic mass is 31.2. The highest BCUT2D eigenvalue weighted by Gasteiger charge is 2.50. The van der Waals surface area contributed by atoms with Crippen LogP contribution in [0.25, 0.3) is 11.2 Å². The standard InChI is InChI=1S/C17H16N5O7P/c23-12-13-10(6-27-30(25,26)29-13)28-17(12)22-8-20-11-14(18-7-19-15(11)22)21-16(24)9-4-2-1-3-5-9/h1-5,7-8,10,12-13,17,23H,6H2,(H,25,26)(H,18,19,21,24)/p-1/t10-,12-,13-,17?/m1/s1. The number of aliphatic hydroxyl groups excluding tert-OH is 1. The number of nitrogens with zero attached hydrogens (tertiary/aromatic N) is 4. The van der Waals surface area contributed by atoms with E-state index in [0.717, 1.165) is 0 Å². The first-order chi connectivity index (χ1) is 14.4. The van der Waals surface area contributed by atoms with Gasteiger partial charge in [-0.25, -0.2) is 15.0 Å². The van der Waals surface area contributed by atoms with Crippen LogP contribution in [0.3, 0.4) is 0 Å². The van der Waals surface area contributed by atoms with Crippen LogP contribution >= 0.6 is 7.82 Å². The monoisotopic (exact) mass is 432 g/mol. The van der Waals surface area contributed by atoms with Crippen molar-refractivity contribution in [3.8, 4) is 0 Å². The largest absolute Gasteiger partial charge is 0.756 e. The molecule has 30 heavy (non-hydrogen) atoms. The summed E-state index contributed by atoms with van der Waals surface area (Å²) in [5, 5.41) is 13.3. The molecule has 1 aromatic carbocycles. The maximum atomic E-state index is 12.4. The second kappa shape index (κ2) is 7.20. The number of phosphoric ester groups is 1. The van der Waals surface area contributed by atoms with Crippen molar-refractivity contribution >= 4 is 30.7 Å². The van der Waals surface area contributed by atoms with E-state index in [0.29, 0.717) is 5.56 Å². The molecule has 2 unspecified atom stereocenters. The zero-order valence-corrected chi connectivity index (χ0v) is 16.1. The minimum absolute atomic E-state index is 0.182. The quantitative estimate of drug-likeness (QED) is 0.548. The zero-order valence-electron chi connectivity index (χ0n) is 15.2. The Morgan fingerprint density at radius 1 is 1.27 bits per heavy atom. The van der Waals surface area contributed by atoms with E-state index in [9.17, 15) is 19.4 Å². The summed E-state index contributed by atoms with van der Waals surface area (Å²) in [7, 11) is -4.49. The van der Waals surface area contributed by atoms with Gasteiger partial charge in [-0.2, -0.15) is 0 Å². The lowest BCUT2D eigenvalue weighted by molar-refractivity contribution is -0.245. The van der Waals surface area contributed by atoms with E-state index >= 15 is 0 Å². The third-order valence-corrected chi connectivity index (χ3v) is 5.82. The van der Waals surface area contributed by atoms with E-state index in [4.69, 9.17) is 9.26 Å². The fourth-order valence-electron chi connectivity index (χ4n) is 3.46. The number of hydrogen-bond acceptors (Lipinski definition) is 10. The molecule has 0 saturated carbocycles. The molecule has 2 saturated heterocycles. The second-order valence-corrected chi connectivity index (χ2v) is 8.10. The topological polar surface area (TPSA) is 161 Å². The average molecular weight is 432 g/mol. The van der Waals surface area contributed by atoms with Gasteiger partial charge in [0.1, 0.15) is 24.6 Å². The van der Waals surface area contributed by atoms with Crippen LogP contribution in [0.4, 0.5) is 5.82 Å². The molecule has 0 bridgehead atoms. The van der Waals surface area contributed by atoms with Crippen LogP contribution in [0.1, 0.15) is 16.6 Å². The molecule has 2 fully saturated rings. The number of benzene rings is 1. The van der Waals surface area contributed by atoms with Crippen molar-refractivity contribution in [2.45, 2.75) is 24.5 Å². The van der Waals surface area contributed by atoms with E-state index < -0.39 is 32.4 Å². The number of phosphoric acid groups is 1. The summed E-state index contributed by atoms with van der Waals surface area (Å²) in [5.41, 5.74) is 1.00. The fraction of sp³-hybridized carbons (Fsp3) is 0.294. The maximum Gasteiger partial charge on any atom is 0.268 e. The zero-order chi connectivity index (χ0) is 20.9. The highest BCUT2D eigenvalue weighted by Crippen LogP contribution is 2.49. The molecule has 2 aliphatic rings. The number of aliphatic hydroxyl groups is 1. The third kappa shape index (κ3) is 3.29. The molecular weight excluding hydrogens is 417 g/mol. The lowest BCUT2D eigenvalue weighted by Crippen LogP contribution is -2.41. The van der Waals surface area contributed by atoms with E-state index in [1.54, 1.807) is 30.3 Å². The molecular formula is C17H15N5O7P-. The number of amides is 1. The molecule has 2 aromatic heterocycles. The summed E-state index contributed by atoms with van der Waals surface area (Å²) in [6, 6.07) is 8.60. The van der Waals surface area contributed by atoms with Gasteiger partial charge < -0.3 is 29.1 Å². The third-order valence-electron chi connectivity index (χ3n) is 4.86. The second-order valence-electron chi connectivity index (χ2n) is 6.74. The lowest BCUT2D eigenvalue weighted by Gasteiger charge is -2.34. The van der Waals surface area contributed by atoms with Crippen molar-refractivity contribution < 1.29 is 33.1 Å². The molecule has 1 amide bonds. The van der Waals surface area contributed by atoms with E-state index in [1.165, 1.54) is 17.2 Å². The lowest BCUT2D eigenvalue weighted by atomic mass is 10.1. The number of carbonyl (C=O) groups excluding carboxylic acids is 1. The smallest absolute Gasteiger partial charge is 0.268 e. The van der Waals surface area contributed by atoms with Crippen LogP contribution in [0.2, 0.25) is 0 Å². The van der Waals surface area contributed by atoms with Crippen LogP contribution in [0.5, 0.6) is 0 Å². The fourth-order valence-corrected chi connectivity index (χ4v) is 4.41. The Hall–Kier alpha value is -2.73. The van der Waals surface area contributed by atoms with Crippen molar-refractivity contribution in [1.29, 1.82) is 0 Å². The van der Waals surface area contributed by atoms with Crippen molar-refractivity contribution in [2.24, 2.45) is 0 Å². The summed E-state index contributed by atoms with van der Waals surface area (Å²) >= 11 is 0. The Bertz CT molecular complexity index is 1160. The number of nitrogens with one attached hydrogen (secondary N) is 1. The minimum Gasteiger partial charge on any atom is -0.756 e. The molecule has 156 valence electrons. The average Bonchev–Trinajstić information content (AvgIpc) is 3.30. The molecule has 3 aromatic rings.